The van der Waals surface area contributed by atoms with E-state index in [1.807, 2.05) is 24.3 Å². The van der Waals surface area contributed by atoms with Crippen molar-refractivity contribution in [3.8, 4) is 5.75 Å². The predicted octanol–water partition coefficient (Wildman–Crippen LogP) is 3.22. The highest BCUT2D eigenvalue weighted by Gasteiger charge is 2.04. The molecule has 2 rings (SSSR count). The van der Waals surface area contributed by atoms with Gasteiger partial charge in [0.25, 0.3) is 0 Å². The smallest absolute Gasteiger partial charge is 0.159 e. The monoisotopic (exact) mass is 256 g/mol. The van der Waals surface area contributed by atoms with Gasteiger partial charge in [-0.15, -0.1) is 0 Å². The van der Waals surface area contributed by atoms with Gasteiger partial charge in [-0.05, 0) is 49.4 Å². The number of hydrogen-bond acceptors (Lipinski definition) is 4. The SMILES string of the molecule is COc1ccc(Nc2ccc(C(C)=O)cc2N)cc1. The maximum Gasteiger partial charge on any atom is 0.159 e. The van der Waals surface area contributed by atoms with Gasteiger partial charge in [0.2, 0.25) is 0 Å². The number of carbonyl (C=O) groups is 1. The van der Waals surface area contributed by atoms with Gasteiger partial charge < -0.3 is 15.8 Å². The summed E-state index contributed by atoms with van der Waals surface area (Å²) in [6.45, 7) is 1.52. The van der Waals surface area contributed by atoms with E-state index in [4.69, 9.17) is 10.5 Å². The number of rotatable bonds is 4. The summed E-state index contributed by atoms with van der Waals surface area (Å²) in [6.07, 6.45) is 0. The number of nitrogens with two attached hydrogens (primary N) is 1. The first-order valence-corrected chi connectivity index (χ1v) is 5.91. The summed E-state index contributed by atoms with van der Waals surface area (Å²) < 4.78 is 5.10. The van der Waals surface area contributed by atoms with Gasteiger partial charge in [0.1, 0.15) is 5.75 Å². The summed E-state index contributed by atoms with van der Waals surface area (Å²) in [4.78, 5) is 11.2. The molecule has 4 heteroatoms. The second kappa shape index (κ2) is 5.44. The molecule has 0 aliphatic rings. The number of ketones is 1. The number of nitrogens with one attached hydrogen (secondary N) is 1. The van der Waals surface area contributed by atoms with Gasteiger partial charge >= 0.3 is 0 Å². The molecule has 0 saturated heterocycles. The molecule has 0 saturated carbocycles. The Morgan fingerprint density at radius 2 is 1.84 bits per heavy atom. The quantitative estimate of drug-likeness (QED) is 0.651. The van der Waals surface area contributed by atoms with Crippen LogP contribution in [0.3, 0.4) is 0 Å². The van der Waals surface area contributed by atoms with Crippen molar-refractivity contribution in [1.82, 2.24) is 0 Å². The van der Waals surface area contributed by atoms with Crippen molar-refractivity contribution in [3.63, 3.8) is 0 Å². The highest BCUT2D eigenvalue weighted by atomic mass is 16.5. The Morgan fingerprint density at radius 1 is 1.16 bits per heavy atom. The number of hydrogen-bond donors (Lipinski definition) is 2. The van der Waals surface area contributed by atoms with E-state index >= 15 is 0 Å². The lowest BCUT2D eigenvalue weighted by atomic mass is 10.1. The van der Waals surface area contributed by atoms with Crippen LogP contribution >= 0.6 is 0 Å². The first-order valence-electron chi connectivity index (χ1n) is 5.91. The van der Waals surface area contributed by atoms with Crippen molar-refractivity contribution >= 4 is 22.8 Å². The van der Waals surface area contributed by atoms with Crippen LogP contribution in [0, 0.1) is 0 Å². The highest BCUT2D eigenvalue weighted by molar-refractivity contribution is 5.96. The van der Waals surface area contributed by atoms with Gasteiger partial charge in [0.15, 0.2) is 5.78 Å². The van der Waals surface area contributed by atoms with Crippen LogP contribution in [0.2, 0.25) is 0 Å². The molecule has 0 aromatic heterocycles. The molecule has 0 bridgehead atoms. The summed E-state index contributed by atoms with van der Waals surface area (Å²) in [6, 6.07) is 12.8. The average molecular weight is 256 g/mol. The molecule has 0 radical (unpaired) electrons. The van der Waals surface area contributed by atoms with Gasteiger partial charge in [-0.1, -0.05) is 0 Å². The van der Waals surface area contributed by atoms with Crippen LogP contribution in [0.5, 0.6) is 5.75 Å². The first kappa shape index (κ1) is 13.0. The van der Waals surface area contributed by atoms with Crippen LogP contribution < -0.4 is 15.8 Å². The van der Waals surface area contributed by atoms with E-state index in [0.717, 1.165) is 17.1 Å². The Hall–Kier alpha value is -2.49. The van der Waals surface area contributed by atoms with E-state index < -0.39 is 0 Å². The summed E-state index contributed by atoms with van der Waals surface area (Å²) in [5.74, 6) is 0.799. The fourth-order valence-electron chi connectivity index (χ4n) is 1.73. The van der Waals surface area contributed by atoms with Crippen LogP contribution in [-0.2, 0) is 0 Å². The Labute approximate surface area is 112 Å². The molecule has 2 aromatic rings. The van der Waals surface area contributed by atoms with Gasteiger partial charge in [0.05, 0.1) is 18.5 Å². The zero-order valence-electron chi connectivity index (χ0n) is 10.9. The minimum atomic E-state index is 0.00250. The number of Topliss-reactive ketones (excluding diaryl/α,β-unsaturated/α-hetero) is 1. The molecule has 0 atom stereocenters. The normalized spacial score (nSPS) is 10.0. The molecule has 0 heterocycles. The third-order valence-corrected chi connectivity index (χ3v) is 2.83. The van der Waals surface area contributed by atoms with Gasteiger partial charge in [-0.3, -0.25) is 4.79 Å². The van der Waals surface area contributed by atoms with Crippen LogP contribution in [0.15, 0.2) is 42.5 Å². The third kappa shape index (κ3) is 3.04. The molecular formula is C15H16N2O2. The van der Waals surface area contributed by atoms with E-state index in [-0.39, 0.29) is 5.78 Å². The molecule has 2 aromatic carbocycles. The maximum absolute atomic E-state index is 11.2. The topological polar surface area (TPSA) is 64.3 Å². The Morgan fingerprint density at radius 3 is 2.37 bits per heavy atom. The van der Waals surface area contributed by atoms with E-state index in [9.17, 15) is 4.79 Å². The van der Waals surface area contributed by atoms with Crippen LogP contribution in [0.4, 0.5) is 17.1 Å². The largest absolute Gasteiger partial charge is 0.497 e. The number of anilines is 3. The van der Waals surface area contributed by atoms with Crippen molar-refractivity contribution in [2.75, 3.05) is 18.2 Å². The predicted molar refractivity (Wildman–Crippen MR) is 77.1 cm³/mol. The second-order valence-electron chi connectivity index (χ2n) is 4.21. The van der Waals surface area contributed by atoms with Crippen LogP contribution in [0.25, 0.3) is 0 Å². The van der Waals surface area contributed by atoms with Crippen LogP contribution in [0.1, 0.15) is 17.3 Å². The number of carbonyl (C=O) groups excluding carboxylic acids is 1. The number of methoxy groups -OCH3 is 1. The van der Waals surface area contributed by atoms with Crippen molar-refractivity contribution in [2.24, 2.45) is 0 Å². The summed E-state index contributed by atoms with van der Waals surface area (Å²) in [5, 5.41) is 3.20. The third-order valence-electron chi connectivity index (χ3n) is 2.83. The summed E-state index contributed by atoms with van der Waals surface area (Å²) >= 11 is 0. The van der Waals surface area contributed by atoms with E-state index in [1.54, 1.807) is 25.3 Å². The molecule has 0 aliphatic heterocycles. The lowest BCUT2D eigenvalue weighted by Gasteiger charge is -2.10. The van der Waals surface area contributed by atoms with E-state index in [1.165, 1.54) is 6.92 Å². The van der Waals surface area contributed by atoms with Crippen molar-refractivity contribution < 1.29 is 9.53 Å². The Balaban J connectivity index is 2.20. The minimum absolute atomic E-state index is 0.00250. The standard InChI is InChI=1S/C15H16N2O2/c1-10(18)11-3-8-15(14(16)9-11)17-12-4-6-13(19-2)7-5-12/h3-9,17H,16H2,1-2H3. The molecule has 3 N–H and O–H groups in total. The maximum atomic E-state index is 11.2. The summed E-state index contributed by atoms with van der Waals surface area (Å²) in [5.41, 5.74) is 8.76. The fraction of sp³-hybridized carbons (Fsp3) is 0.133. The van der Waals surface area contributed by atoms with Crippen LogP contribution in [-0.4, -0.2) is 12.9 Å². The van der Waals surface area contributed by atoms with Crippen molar-refractivity contribution in [2.45, 2.75) is 6.92 Å². The van der Waals surface area contributed by atoms with E-state index in [0.29, 0.717) is 11.3 Å². The zero-order valence-corrected chi connectivity index (χ0v) is 10.9. The Bertz CT molecular complexity index is 592. The fourth-order valence-corrected chi connectivity index (χ4v) is 1.73. The highest BCUT2D eigenvalue weighted by Crippen LogP contribution is 2.25. The number of benzene rings is 2. The molecule has 0 unspecified atom stereocenters. The van der Waals surface area contributed by atoms with Crippen molar-refractivity contribution in [1.29, 1.82) is 0 Å². The molecular weight excluding hydrogens is 240 g/mol. The molecule has 98 valence electrons. The van der Waals surface area contributed by atoms with Gasteiger partial charge in [0, 0.05) is 11.3 Å². The number of nitrogen functional groups attached to an aromatic ring is 1. The first-order chi connectivity index (χ1) is 9.10. The molecule has 0 aliphatic carbocycles. The molecule has 0 amide bonds. The number of ether oxygens (including phenoxy) is 1. The van der Waals surface area contributed by atoms with Crippen molar-refractivity contribution in [3.05, 3.63) is 48.0 Å². The van der Waals surface area contributed by atoms with Gasteiger partial charge in [-0.2, -0.15) is 0 Å². The van der Waals surface area contributed by atoms with E-state index in [2.05, 4.69) is 5.32 Å². The summed E-state index contributed by atoms with van der Waals surface area (Å²) in [7, 11) is 1.63. The molecule has 0 fully saturated rings. The molecule has 0 spiro atoms. The average Bonchev–Trinajstić information content (AvgIpc) is 2.41. The molecule has 19 heavy (non-hydrogen) atoms. The minimum Gasteiger partial charge on any atom is -0.497 e. The molecule has 4 nitrogen and oxygen atoms in total. The Kier molecular flexibility index (Phi) is 3.71. The zero-order chi connectivity index (χ0) is 13.8. The lowest BCUT2D eigenvalue weighted by Crippen LogP contribution is -1.99. The lowest BCUT2D eigenvalue weighted by molar-refractivity contribution is 0.101. The second-order valence-corrected chi connectivity index (χ2v) is 4.21. The van der Waals surface area contributed by atoms with Gasteiger partial charge in [-0.25, -0.2) is 0 Å².